The van der Waals surface area contributed by atoms with Crippen LogP contribution in [0, 0.1) is 6.92 Å². The fraction of sp³-hybridized carbons (Fsp3) is 0.214. The number of carbonyl (C=O) groups is 1. The first kappa shape index (κ1) is 13.9. The highest BCUT2D eigenvalue weighted by atomic mass is 35.5. The number of nitrogens with one attached hydrogen (secondary N) is 1. The Balaban J connectivity index is 2.12. The Hall–Kier alpha value is -1.52. The summed E-state index contributed by atoms with van der Waals surface area (Å²) in [5, 5.41) is 3.40. The van der Waals surface area contributed by atoms with Gasteiger partial charge in [0.2, 0.25) is 0 Å². The second-order valence-electron chi connectivity index (χ2n) is 4.42. The number of hydrogen-bond acceptors (Lipinski definition) is 3. The summed E-state index contributed by atoms with van der Waals surface area (Å²) in [6.07, 6.45) is 0. The molecule has 1 atom stereocenters. The van der Waals surface area contributed by atoms with Crippen LogP contribution in [0.25, 0.3) is 0 Å². The molecule has 0 fully saturated rings. The standard InChI is InChI=1S/C14H15ClN2OS/c1-8-3-4-13(19-8)9(2)17-14(18)10-5-11(15)7-12(16)6-10/h3-7,9H,16H2,1-2H3,(H,17,18). The number of nitrogens with two attached hydrogens (primary N) is 1. The van der Waals surface area contributed by atoms with Gasteiger partial charge in [-0.2, -0.15) is 0 Å². The third-order valence-electron chi connectivity index (χ3n) is 2.72. The Bertz CT molecular complexity index is 589. The van der Waals surface area contributed by atoms with Crippen molar-refractivity contribution in [3.8, 4) is 0 Å². The van der Waals surface area contributed by atoms with Crippen LogP contribution in [0.1, 0.15) is 33.1 Å². The number of aryl methyl sites for hydroxylation is 1. The molecule has 1 aromatic heterocycles. The summed E-state index contributed by atoms with van der Waals surface area (Å²) in [6.45, 7) is 4.00. The first-order valence-corrected chi connectivity index (χ1v) is 7.08. The maximum atomic E-state index is 12.1. The fourth-order valence-corrected chi connectivity index (χ4v) is 2.90. The summed E-state index contributed by atoms with van der Waals surface area (Å²) in [6, 6.07) is 8.88. The Labute approximate surface area is 121 Å². The maximum absolute atomic E-state index is 12.1. The van der Waals surface area contributed by atoms with Crippen LogP contribution < -0.4 is 11.1 Å². The predicted molar refractivity (Wildman–Crippen MR) is 80.8 cm³/mol. The lowest BCUT2D eigenvalue weighted by molar-refractivity contribution is 0.0940. The first-order chi connectivity index (χ1) is 8.95. The summed E-state index contributed by atoms with van der Waals surface area (Å²) in [7, 11) is 0. The molecule has 1 heterocycles. The molecule has 2 aromatic rings. The second kappa shape index (κ2) is 5.63. The summed E-state index contributed by atoms with van der Waals surface area (Å²) >= 11 is 7.57. The molecule has 5 heteroatoms. The van der Waals surface area contributed by atoms with E-state index in [1.165, 1.54) is 4.88 Å². The zero-order valence-electron chi connectivity index (χ0n) is 10.7. The molecule has 3 nitrogen and oxygen atoms in total. The molecule has 19 heavy (non-hydrogen) atoms. The molecule has 100 valence electrons. The average molecular weight is 295 g/mol. The number of halogens is 1. The van der Waals surface area contributed by atoms with Crippen LogP contribution in [-0.2, 0) is 0 Å². The van der Waals surface area contributed by atoms with E-state index in [0.29, 0.717) is 16.3 Å². The van der Waals surface area contributed by atoms with Crippen LogP contribution in [0.3, 0.4) is 0 Å². The van der Waals surface area contributed by atoms with E-state index in [0.717, 1.165) is 4.88 Å². The van der Waals surface area contributed by atoms with Gasteiger partial charge in [0, 0.05) is 26.0 Å². The molecule has 0 aliphatic carbocycles. The van der Waals surface area contributed by atoms with Gasteiger partial charge < -0.3 is 11.1 Å². The van der Waals surface area contributed by atoms with Crippen molar-refractivity contribution in [1.82, 2.24) is 5.32 Å². The minimum atomic E-state index is -0.173. The van der Waals surface area contributed by atoms with Gasteiger partial charge >= 0.3 is 0 Å². The fourth-order valence-electron chi connectivity index (χ4n) is 1.78. The van der Waals surface area contributed by atoms with Crippen molar-refractivity contribution in [2.45, 2.75) is 19.9 Å². The normalized spacial score (nSPS) is 12.2. The third-order valence-corrected chi connectivity index (χ3v) is 4.12. The van der Waals surface area contributed by atoms with E-state index >= 15 is 0 Å². The predicted octanol–water partition coefficient (Wildman–Crippen LogP) is 3.78. The molecule has 0 bridgehead atoms. The lowest BCUT2D eigenvalue weighted by atomic mass is 10.1. The molecule has 2 rings (SSSR count). The van der Waals surface area contributed by atoms with E-state index in [1.54, 1.807) is 29.5 Å². The molecule has 0 spiro atoms. The van der Waals surface area contributed by atoms with E-state index in [9.17, 15) is 4.79 Å². The van der Waals surface area contributed by atoms with Crippen LogP contribution >= 0.6 is 22.9 Å². The van der Waals surface area contributed by atoms with E-state index < -0.39 is 0 Å². The van der Waals surface area contributed by atoms with Gasteiger partial charge in [0.25, 0.3) is 5.91 Å². The van der Waals surface area contributed by atoms with E-state index in [1.807, 2.05) is 26.0 Å². The maximum Gasteiger partial charge on any atom is 0.251 e. The molecular formula is C14H15ClN2OS. The van der Waals surface area contributed by atoms with Gasteiger partial charge in [0.05, 0.1) is 6.04 Å². The summed E-state index contributed by atoms with van der Waals surface area (Å²) in [4.78, 5) is 14.5. The summed E-state index contributed by atoms with van der Waals surface area (Å²) < 4.78 is 0. The molecule has 1 unspecified atom stereocenters. The lowest BCUT2D eigenvalue weighted by Gasteiger charge is -2.12. The van der Waals surface area contributed by atoms with Crippen LogP contribution in [0.5, 0.6) is 0 Å². The van der Waals surface area contributed by atoms with Gasteiger partial charge in [-0.3, -0.25) is 4.79 Å². The van der Waals surface area contributed by atoms with Crippen molar-refractivity contribution in [2.75, 3.05) is 5.73 Å². The number of nitrogen functional groups attached to an aromatic ring is 1. The topological polar surface area (TPSA) is 55.1 Å². The van der Waals surface area contributed by atoms with Crippen molar-refractivity contribution in [3.05, 3.63) is 50.7 Å². The number of thiophene rings is 1. The lowest BCUT2D eigenvalue weighted by Crippen LogP contribution is -2.26. The Morgan fingerprint density at radius 2 is 2.11 bits per heavy atom. The van der Waals surface area contributed by atoms with Crippen molar-refractivity contribution in [1.29, 1.82) is 0 Å². The highest BCUT2D eigenvalue weighted by molar-refractivity contribution is 7.12. The molecule has 1 amide bonds. The van der Waals surface area contributed by atoms with E-state index in [4.69, 9.17) is 17.3 Å². The molecule has 0 radical (unpaired) electrons. The first-order valence-electron chi connectivity index (χ1n) is 5.89. The minimum absolute atomic E-state index is 0.0357. The molecule has 0 saturated heterocycles. The molecule has 0 saturated carbocycles. The zero-order valence-corrected chi connectivity index (χ0v) is 12.3. The van der Waals surface area contributed by atoms with E-state index in [-0.39, 0.29) is 11.9 Å². The molecule has 0 aliphatic heterocycles. The molecular weight excluding hydrogens is 280 g/mol. The summed E-state index contributed by atoms with van der Waals surface area (Å²) in [5.41, 5.74) is 6.64. The molecule has 3 N–H and O–H groups in total. The van der Waals surface area contributed by atoms with Crippen LogP contribution in [0.2, 0.25) is 5.02 Å². The zero-order chi connectivity index (χ0) is 14.0. The Kier molecular flexibility index (Phi) is 4.12. The van der Waals surface area contributed by atoms with E-state index in [2.05, 4.69) is 5.32 Å². The van der Waals surface area contributed by atoms with Crippen LogP contribution in [0.4, 0.5) is 5.69 Å². The highest BCUT2D eigenvalue weighted by Crippen LogP contribution is 2.23. The van der Waals surface area contributed by atoms with Crippen molar-refractivity contribution in [3.63, 3.8) is 0 Å². The number of amides is 1. The Morgan fingerprint density at radius 3 is 2.68 bits per heavy atom. The SMILES string of the molecule is Cc1ccc(C(C)NC(=O)c2cc(N)cc(Cl)c2)s1. The monoisotopic (exact) mass is 294 g/mol. The molecule has 0 aliphatic rings. The average Bonchev–Trinajstić information content (AvgIpc) is 2.74. The summed E-state index contributed by atoms with van der Waals surface area (Å²) in [5.74, 6) is -0.173. The number of carbonyl (C=O) groups excluding carboxylic acids is 1. The van der Waals surface area contributed by atoms with Crippen LogP contribution in [0.15, 0.2) is 30.3 Å². The third kappa shape index (κ3) is 3.49. The Morgan fingerprint density at radius 1 is 1.37 bits per heavy atom. The quantitative estimate of drug-likeness (QED) is 0.846. The molecule has 1 aromatic carbocycles. The second-order valence-corrected chi connectivity index (χ2v) is 6.17. The van der Waals surface area contributed by atoms with Gasteiger partial charge in [0.1, 0.15) is 0 Å². The number of benzene rings is 1. The van der Waals surface area contributed by atoms with Crippen molar-refractivity contribution >= 4 is 34.5 Å². The highest BCUT2D eigenvalue weighted by Gasteiger charge is 2.13. The van der Waals surface area contributed by atoms with Gasteiger partial charge in [-0.05, 0) is 44.2 Å². The van der Waals surface area contributed by atoms with Crippen molar-refractivity contribution < 1.29 is 4.79 Å². The van der Waals surface area contributed by atoms with Gasteiger partial charge in [-0.25, -0.2) is 0 Å². The minimum Gasteiger partial charge on any atom is -0.399 e. The largest absolute Gasteiger partial charge is 0.399 e. The number of rotatable bonds is 3. The smallest absolute Gasteiger partial charge is 0.251 e. The van der Waals surface area contributed by atoms with Gasteiger partial charge in [0.15, 0.2) is 0 Å². The van der Waals surface area contributed by atoms with Gasteiger partial charge in [-0.15, -0.1) is 11.3 Å². The van der Waals surface area contributed by atoms with Crippen molar-refractivity contribution in [2.24, 2.45) is 0 Å². The number of anilines is 1. The van der Waals surface area contributed by atoms with Crippen LogP contribution in [-0.4, -0.2) is 5.91 Å². The van der Waals surface area contributed by atoms with Gasteiger partial charge in [-0.1, -0.05) is 11.6 Å². The number of hydrogen-bond donors (Lipinski definition) is 2.